The number of carboxylic acids is 1. The largest absolute Gasteiger partial charge is 0.477 e. The lowest BCUT2D eigenvalue weighted by molar-refractivity contribution is -0.163. The average molecular weight is 382 g/mol. The molecule has 0 spiro atoms. The first-order chi connectivity index (χ1) is 11.9. The van der Waals surface area contributed by atoms with Gasteiger partial charge in [-0.25, -0.2) is 9.78 Å². The van der Waals surface area contributed by atoms with Crippen molar-refractivity contribution in [2.75, 3.05) is 0 Å². The minimum absolute atomic E-state index is 0.000682. The molecule has 0 bridgehead atoms. The maximum Gasteiger partial charge on any atom is 0.353 e. The predicted octanol–water partition coefficient (Wildman–Crippen LogP) is 1.49. The molecule has 9 heteroatoms. The van der Waals surface area contributed by atoms with Crippen molar-refractivity contribution in [1.82, 2.24) is 9.88 Å². The zero-order valence-electron chi connectivity index (χ0n) is 13.6. The summed E-state index contributed by atoms with van der Waals surface area (Å²) >= 11 is 2.63. The molecule has 0 saturated carbocycles. The Balaban J connectivity index is 1.84. The monoisotopic (exact) mass is 382 g/mol. The fraction of sp³-hybridized carbons (Fsp3) is 0.438. The van der Waals surface area contributed by atoms with Gasteiger partial charge in [0.2, 0.25) is 5.91 Å². The summed E-state index contributed by atoms with van der Waals surface area (Å²) in [7, 11) is 0. The van der Waals surface area contributed by atoms with Crippen molar-refractivity contribution in [1.29, 1.82) is 0 Å². The Morgan fingerprint density at radius 1 is 1.56 bits per heavy atom. The molecule has 3 heterocycles. The molecule has 1 aromatic rings. The number of amides is 1. The predicted molar refractivity (Wildman–Crippen MR) is 94.3 cm³/mol. The number of carboxylic acid groups (broad SMARTS) is 1. The lowest BCUT2D eigenvalue weighted by Crippen LogP contribution is -2.63. The molecule has 1 aromatic heterocycles. The Hall–Kier alpha value is -1.68. The summed E-state index contributed by atoms with van der Waals surface area (Å²) in [6.07, 6.45) is 0.965. The molecule has 25 heavy (non-hydrogen) atoms. The molecule has 1 saturated heterocycles. The molecule has 0 aliphatic carbocycles. The van der Waals surface area contributed by atoms with E-state index in [-0.39, 0.29) is 30.2 Å². The third-order valence-electron chi connectivity index (χ3n) is 4.55. The van der Waals surface area contributed by atoms with Gasteiger partial charge in [0, 0.05) is 10.8 Å². The van der Waals surface area contributed by atoms with Gasteiger partial charge in [-0.1, -0.05) is 18.7 Å². The summed E-state index contributed by atoms with van der Waals surface area (Å²) in [5.74, 6) is -2.21. The normalized spacial score (nSPS) is 27.0. The maximum absolute atomic E-state index is 12.2. The van der Waals surface area contributed by atoms with E-state index in [4.69, 9.17) is 0 Å². The minimum Gasteiger partial charge on any atom is -0.477 e. The number of aliphatic hydroxyl groups excluding tert-OH is 2. The second kappa shape index (κ2) is 6.91. The van der Waals surface area contributed by atoms with Gasteiger partial charge in [-0.3, -0.25) is 4.79 Å². The van der Waals surface area contributed by atoms with Gasteiger partial charge >= 0.3 is 5.97 Å². The van der Waals surface area contributed by atoms with E-state index in [1.807, 2.05) is 6.92 Å². The number of hydrogen-bond donors (Lipinski definition) is 3. The van der Waals surface area contributed by atoms with Crippen LogP contribution in [0.15, 0.2) is 21.5 Å². The molecule has 3 rings (SSSR count). The first kappa shape index (κ1) is 18.1. The Bertz CT molecular complexity index is 770. The van der Waals surface area contributed by atoms with Crippen LogP contribution in [0.3, 0.4) is 0 Å². The van der Waals surface area contributed by atoms with E-state index >= 15 is 0 Å². The third-order valence-corrected chi connectivity index (χ3v) is 6.48. The van der Waals surface area contributed by atoms with Crippen LogP contribution in [0.4, 0.5) is 0 Å². The molecule has 7 nitrogen and oxygen atoms in total. The number of rotatable bonds is 6. The van der Waals surface area contributed by atoms with Crippen LogP contribution in [0.2, 0.25) is 0 Å². The highest BCUT2D eigenvalue weighted by Crippen LogP contribution is 2.50. The number of nitrogens with zero attached hydrogens (tertiary/aromatic N) is 2. The van der Waals surface area contributed by atoms with Crippen molar-refractivity contribution in [3.05, 3.63) is 32.1 Å². The number of β-lactam (4-membered cyclic amide) rings is 1. The molecule has 3 N–H and O–H groups in total. The van der Waals surface area contributed by atoms with E-state index < -0.39 is 18.0 Å². The second-order valence-corrected chi connectivity index (χ2v) is 7.85. The number of aromatic nitrogens is 1. The highest BCUT2D eigenvalue weighted by Gasteiger charge is 2.59. The van der Waals surface area contributed by atoms with Gasteiger partial charge in [-0.05, 0) is 18.4 Å². The maximum atomic E-state index is 12.2. The van der Waals surface area contributed by atoms with E-state index in [0.717, 1.165) is 4.88 Å². The van der Waals surface area contributed by atoms with Gasteiger partial charge in [-0.2, -0.15) is 0 Å². The quantitative estimate of drug-likeness (QED) is 0.639. The standard InChI is InChI=1S/C16H18N2O5S2/c1-7-12-11(8(2)20)15(21)18(12)13(16(22)23)14(7)24-4-3-10-9(5-19)17-6-25-10/h3-4,6-8,11-12,19-20H,5H2,1-2H3,(H,22,23)/b4-3-/t7-,8-,11-,12-/m1/s1. The number of hydrogen-bond acceptors (Lipinski definition) is 7. The first-order valence-corrected chi connectivity index (χ1v) is 9.49. The lowest BCUT2D eigenvalue weighted by Gasteiger charge is -2.46. The van der Waals surface area contributed by atoms with Crippen LogP contribution in [0, 0.1) is 11.8 Å². The lowest BCUT2D eigenvalue weighted by atomic mass is 9.79. The van der Waals surface area contributed by atoms with E-state index in [0.29, 0.717) is 10.6 Å². The zero-order chi connectivity index (χ0) is 18.3. The van der Waals surface area contributed by atoms with Gasteiger partial charge in [0.1, 0.15) is 5.70 Å². The molecule has 0 aromatic carbocycles. The van der Waals surface area contributed by atoms with Crippen LogP contribution in [0.5, 0.6) is 0 Å². The van der Waals surface area contributed by atoms with Crippen LogP contribution in [0.1, 0.15) is 24.4 Å². The summed E-state index contributed by atoms with van der Waals surface area (Å²) in [5.41, 5.74) is 2.20. The summed E-state index contributed by atoms with van der Waals surface area (Å²) < 4.78 is 0. The fourth-order valence-corrected chi connectivity index (χ4v) is 5.16. The van der Waals surface area contributed by atoms with E-state index in [1.165, 1.54) is 28.0 Å². The van der Waals surface area contributed by atoms with Crippen molar-refractivity contribution < 1.29 is 24.9 Å². The summed E-state index contributed by atoms with van der Waals surface area (Å²) in [5, 5.41) is 30.3. The highest BCUT2D eigenvalue weighted by atomic mass is 32.2. The molecule has 1 fully saturated rings. The van der Waals surface area contributed by atoms with Gasteiger partial charge in [0.25, 0.3) is 0 Å². The summed E-state index contributed by atoms with van der Waals surface area (Å²) in [4.78, 5) is 30.6. The Labute approximate surface area is 152 Å². The van der Waals surface area contributed by atoms with Crippen molar-refractivity contribution in [3.8, 4) is 0 Å². The van der Waals surface area contributed by atoms with Crippen LogP contribution in [-0.2, 0) is 16.2 Å². The number of aliphatic carboxylic acids is 1. The van der Waals surface area contributed by atoms with E-state index in [9.17, 15) is 24.9 Å². The van der Waals surface area contributed by atoms with Crippen molar-refractivity contribution >= 4 is 41.1 Å². The van der Waals surface area contributed by atoms with Crippen LogP contribution in [-0.4, -0.2) is 49.2 Å². The van der Waals surface area contributed by atoms with Crippen LogP contribution in [0.25, 0.3) is 6.08 Å². The number of carbonyl (C=O) groups excluding carboxylic acids is 1. The topological polar surface area (TPSA) is 111 Å². The van der Waals surface area contributed by atoms with Gasteiger partial charge in [0.05, 0.1) is 40.8 Å². The smallest absolute Gasteiger partial charge is 0.353 e. The SMILES string of the molecule is C[C@@H](O)[C@H]1C(=O)N2C(C(=O)O)=C(S/C=C\c3scnc3CO)[C@H](C)[C@H]12. The third kappa shape index (κ3) is 2.91. The number of thioether (sulfide) groups is 1. The minimum atomic E-state index is -1.14. The number of aliphatic hydroxyl groups is 2. The summed E-state index contributed by atoms with van der Waals surface area (Å²) in [6.45, 7) is 3.27. The average Bonchev–Trinajstić information content (AvgIpc) is 3.09. The van der Waals surface area contributed by atoms with E-state index in [1.54, 1.807) is 23.9 Å². The molecule has 4 atom stereocenters. The first-order valence-electron chi connectivity index (χ1n) is 7.73. The fourth-order valence-electron chi connectivity index (χ4n) is 3.38. The molecular weight excluding hydrogens is 364 g/mol. The molecule has 1 amide bonds. The van der Waals surface area contributed by atoms with Crippen molar-refractivity contribution in [3.63, 3.8) is 0 Å². The Kier molecular flexibility index (Phi) is 5.01. The van der Waals surface area contributed by atoms with Crippen molar-refractivity contribution in [2.45, 2.75) is 32.6 Å². The molecule has 2 aliphatic rings. The number of thiazole rings is 1. The zero-order valence-corrected chi connectivity index (χ0v) is 15.3. The van der Waals surface area contributed by atoms with Crippen molar-refractivity contribution in [2.24, 2.45) is 11.8 Å². The second-order valence-electron chi connectivity index (χ2n) is 6.01. The Morgan fingerprint density at radius 3 is 2.88 bits per heavy atom. The molecule has 134 valence electrons. The van der Waals surface area contributed by atoms with Crippen LogP contribution < -0.4 is 0 Å². The molecule has 0 radical (unpaired) electrons. The molecule has 2 aliphatic heterocycles. The Morgan fingerprint density at radius 2 is 2.28 bits per heavy atom. The molecule has 0 unspecified atom stereocenters. The number of carbonyl (C=O) groups is 2. The van der Waals surface area contributed by atoms with E-state index in [2.05, 4.69) is 4.98 Å². The van der Waals surface area contributed by atoms with Gasteiger partial charge in [0.15, 0.2) is 0 Å². The molecular formula is C16H18N2O5S2. The van der Waals surface area contributed by atoms with Crippen LogP contribution >= 0.6 is 23.1 Å². The van der Waals surface area contributed by atoms with Gasteiger partial charge in [-0.15, -0.1) is 11.3 Å². The summed E-state index contributed by atoms with van der Waals surface area (Å²) in [6, 6.07) is -0.314. The number of fused-ring (bicyclic) bond motifs is 1. The highest BCUT2D eigenvalue weighted by molar-refractivity contribution is 8.06. The van der Waals surface area contributed by atoms with Gasteiger partial charge < -0.3 is 20.2 Å².